The molecule has 1 heterocycles. The van der Waals surface area contributed by atoms with E-state index >= 15 is 0 Å². The predicted molar refractivity (Wildman–Crippen MR) is 95.8 cm³/mol. The number of amides is 2. The highest BCUT2D eigenvalue weighted by Gasteiger charge is 2.32. The molecule has 25 heavy (non-hydrogen) atoms. The fourth-order valence-electron chi connectivity index (χ4n) is 3.51. The number of carbonyl (C=O) groups is 2. The maximum absolute atomic E-state index is 13.2. The summed E-state index contributed by atoms with van der Waals surface area (Å²) in [6.07, 6.45) is 1.15. The second kappa shape index (κ2) is 8.43. The molecule has 0 radical (unpaired) electrons. The molecule has 6 heteroatoms. The van der Waals surface area contributed by atoms with Crippen molar-refractivity contribution in [1.82, 2.24) is 4.90 Å². The molecular formula is C19H29FN3O2+. The zero-order valence-corrected chi connectivity index (χ0v) is 15.5. The molecule has 1 aliphatic rings. The molecule has 5 nitrogen and oxygen atoms in total. The Bertz CT molecular complexity index is 612. The second-order valence-corrected chi connectivity index (χ2v) is 7.49. The summed E-state index contributed by atoms with van der Waals surface area (Å²) in [6.45, 7) is 7.93. The molecule has 0 bridgehead atoms. The highest BCUT2D eigenvalue weighted by molar-refractivity contribution is 5.91. The fraction of sp³-hybridized carbons (Fsp3) is 0.579. The molecule has 1 aromatic rings. The van der Waals surface area contributed by atoms with Crippen molar-refractivity contribution in [3.63, 3.8) is 0 Å². The molecule has 1 aromatic carbocycles. The third kappa shape index (κ3) is 5.53. The number of benzene rings is 1. The lowest BCUT2D eigenvalue weighted by molar-refractivity contribution is -0.886. The van der Waals surface area contributed by atoms with Crippen LogP contribution in [0.1, 0.15) is 27.2 Å². The lowest BCUT2D eigenvalue weighted by Gasteiger charge is -2.36. The van der Waals surface area contributed by atoms with E-state index in [0.29, 0.717) is 17.5 Å². The number of hydrogen-bond donors (Lipinski definition) is 2. The van der Waals surface area contributed by atoms with E-state index in [1.54, 1.807) is 12.1 Å². The van der Waals surface area contributed by atoms with Crippen LogP contribution in [0.15, 0.2) is 24.3 Å². The van der Waals surface area contributed by atoms with Crippen LogP contribution in [0, 0.1) is 17.7 Å². The lowest BCUT2D eigenvalue weighted by Crippen LogP contribution is -3.15. The average Bonchev–Trinajstić information content (AvgIpc) is 2.52. The molecule has 4 atom stereocenters. The van der Waals surface area contributed by atoms with Crippen LogP contribution in [0.2, 0.25) is 0 Å². The number of rotatable bonds is 5. The van der Waals surface area contributed by atoms with Crippen molar-refractivity contribution in [2.45, 2.75) is 33.2 Å². The number of carbonyl (C=O) groups excluding carboxylic acids is 2. The van der Waals surface area contributed by atoms with Crippen molar-refractivity contribution in [2.24, 2.45) is 11.8 Å². The fourth-order valence-corrected chi connectivity index (χ4v) is 3.51. The van der Waals surface area contributed by atoms with Gasteiger partial charge in [-0.15, -0.1) is 0 Å². The number of halogens is 1. The minimum atomic E-state index is -0.393. The van der Waals surface area contributed by atoms with Gasteiger partial charge in [0.2, 0.25) is 0 Å². The van der Waals surface area contributed by atoms with Gasteiger partial charge in [-0.1, -0.05) is 19.9 Å². The SMILES string of the molecule is C[C@@H]1C[C@@H](C)CN(C(=O)[C@@H](C)[NH+](C)CC(=O)Nc2cccc(F)c2)C1. The summed E-state index contributed by atoms with van der Waals surface area (Å²) in [6, 6.07) is 5.50. The number of hydrogen-bond acceptors (Lipinski definition) is 2. The molecule has 2 rings (SSSR count). The first kappa shape index (κ1) is 19.4. The molecule has 1 saturated heterocycles. The van der Waals surface area contributed by atoms with Crippen LogP contribution in [0.5, 0.6) is 0 Å². The number of quaternary nitrogens is 1. The predicted octanol–water partition coefficient (Wildman–Crippen LogP) is 1.17. The number of nitrogens with zero attached hydrogens (tertiary/aromatic N) is 1. The first-order chi connectivity index (χ1) is 11.8. The molecule has 2 N–H and O–H groups in total. The first-order valence-corrected chi connectivity index (χ1v) is 8.92. The molecular weight excluding hydrogens is 321 g/mol. The van der Waals surface area contributed by atoms with Gasteiger partial charge in [0, 0.05) is 18.8 Å². The standard InChI is InChI=1S/C19H28FN3O2/c1-13-8-14(2)11-23(10-13)19(25)15(3)22(4)12-18(24)21-17-7-5-6-16(20)9-17/h5-7,9,13-15H,8,10-12H2,1-4H3,(H,21,24)/p+1/t13-,14-,15-/m1/s1. The van der Waals surface area contributed by atoms with Crippen LogP contribution in [0.3, 0.4) is 0 Å². The van der Waals surface area contributed by atoms with Gasteiger partial charge in [0.25, 0.3) is 11.8 Å². The Balaban J connectivity index is 1.89. The van der Waals surface area contributed by atoms with Crippen LogP contribution in [0.4, 0.5) is 10.1 Å². The molecule has 1 aliphatic heterocycles. The van der Waals surface area contributed by atoms with Crippen molar-refractivity contribution >= 4 is 17.5 Å². The third-order valence-corrected chi connectivity index (χ3v) is 4.84. The van der Waals surface area contributed by atoms with Gasteiger partial charge >= 0.3 is 0 Å². The highest BCUT2D eigenvalue weighted by Crippen LogP contribution is 2.21. The summed E-state index contributed by atoms with van der Waals surface area (Å²) < 4.78 is 13.2. The molecule has 0 saturated carbocycles. The van der Waals surface area contributed by atoms with Crippen molar-refractivity contribution in [1.29, 1.82) is 0 Å². The van der Waals surface area contributed by atoms with Gasteiger partial charge in [0.1, 0.15) is 5.82 Å². The van der Waals surface area contributed by atoms with E-state index in [1.807, 2.05) is 18.9 Å². The topological polar surface area (TPSA) is 53.9 Å². The Morgan fingerprint density at radius 3 is 2.56 bits per heavy atom. The smallest absolute Gasteiger partial charge is 0.280 e. The Hall–Kier alpha value is -1.95. The van der Waals surface area contributed by atoms with E-state index < -0.39 is 5.82 Å². The molecule has 0 spiro atoms. The van der Waals surface area contributed by atoms with Gasteiger partial charge in [-0.05, 0) is 43.4 Å². The Labute approximate surface area is 149 Å². The van der Waals surface area contributed by atoms with Crippen LogP contribution >= 0.6 is 0 Å². The Morgan fingerprint density at radius 1 is 1.32 bits per heavy atom. The van der Waals surface area contributed by atoms with E-state index in [2.05, 4.69) is 19.2 Å². The molecule has 1 fully saturated rings. The van der Waals surface area contributed by atoms with Crippen LogP contribution < -0.4 is 10.2 Å². The average molecular weight is 350 g/mol. The number of piperidine rings is 1. The first-order valence-electron chi connectivity index (χ1n) is 8.92. The van der Waals surface area contributed by atoms with E-state index in [4.69, 9.17) is 0 Å². The Morgan fingerprint density at radius 2 is 1.96 bits per heavy atom. The van der Waals surface area contributed by atoms with E-state index in [1.165, 1.54) is 12.1 Å². The molecule has 2 amide bonds. The summed E-state index contributed by atoms with van der Waals surface area (Å²) in [5, 5.41) is 2.68. The molecule has 0 aliphatic carbocycles. The summed E-state index contributed by atoms with van der Waals surface area (Å²) in [5.74, 6) is 0.487. The van der Waals surface area contributed by atoms with Gasteiger partial charge in [0.15, 0.2) is 12.6 Å². The lowest BCUT2D eigenvalue weighted by atomic mass is 9.91. The largest absolute Gasteiger partial charge is 0.337 e. The number of anilines is 1. The molecule has 0 aromatic heterocycles. The molecule has 138 valence electrons. The third-order valence-electron chi connectivity index (χ3n) is 4.84. The van der Waals surface area contributed by atoms with Gasteiger partial charge in [0.05, 0.1) is 7.05 Å². The molecule has 1 unspecified atom stereocenters. The summed E-state index contributed by atoms with van der Waals surface area (Å²) in [7, 11) is 1.84. The number of nitrogens with one attached hydrogen (secondary N) is 2. The monoisotopic (exact) mass is 350 g/mol. The second-order valence-electron chi connectivity index (χ2n) is 7.49. The summed E-state index contributed by atoms with van der Waals surface area (Å²) in [5.41, 5.74) is 0.426. The maximum atomic E-state index is 13.2. The quantitative estimate of drug-likeness (QED) is 0.838. The Kier molecular flexibility index (Phi) is 6.53. The van der Waals surface area contributed by atoms with Crippen molar-refractivity contribution in [3.05, 3.63) is 30.1 Å². The number of likely N-dealkylation sites (tertiary alicyclic amines) is 1. The van der Waals surface area contributed by atoms with Gasteiger partial charge < -0.3 is 15.1 Å². The van der Waals surface area contributed by atoms with Crippen molar-refractivity contribution < 1.29 is 18.9 Å². The summed E-state index contributed by atoms with van der Waals surface area (Å²) >= 11 is 0. The van der Waals surface area contributed by atoms with E-state index in [9.17, 15) is 14.0 Å². The van der Waals surface area contributed by atoms with Gasteiger partial charge in [-0.3, -0.25) is 9.59 Å². The number of likely N-dealkylation sites (N-methyl/N-ethyl adjacent to an activating group) is 1. The van der Waals surface area contributed by atoms with Gasteiger partial charge in [-0.2, -0.15) is 0 Å². The van der Waals surface area contributed by atoms with Crippen LogP contribution in [0.25, 0.3) is 0 Å². The minimum Gasteiger partial charge on any atom is -0.337 e. The maximum Gasteiger partial charge on any atom is 0.280 e. The normalized spacial score (nSPS) is 23.0. The van der Waals surface area contributed by atoms with Crippen LogP contribution in [-0.4, -0.2) is 49.4 Å². The van der Waals surface area contributed by atoms with E-state index in [0.717, 1.165) is 24.4 Å². The van der Waals surface area contributed by atoms with Crippen molar-refractivity contribution in [2.75, 3.05) is 32.0 Å². The summed E-state index contributed by atoms with van der Waals surface area (Å²) in [4.78, 5) is 27.7. The zero-order chi connectivity index (χ0) is 18.6. The van der Waals surface area contributed by atoms with Gasteiger partial charge in [-0.25, -0.2) is 4.39 Å². The van der Waals surface area contributed by atoms with E-state index in [-0.39, 0.29) is 24.4 Å². The van der Waals surface area contributed by atoms with Crippen molar-refractivity contribution in [3.8, 4) is 0 Å². The van der Waals surface area contributed by atoms with Crippen LogP contribution in [-0.2, 0) is 9.59 Å². The zero-order valence-electron chi connectivity index (χ0n) is 15.5. The highest BCUT2D eigenvalue weighted by atomic mass is 19.1. The minimum absolute atomic E-state index is 0.0921.